The lowest BCUT2D eigenvalue weighted by molar-refractivity contribution is 0.0307. The maximum atomic E-state index is 12.6. The Bertz CT molecular complexity index is 678. The fourth-order valence-electron chi connectivity index (χ4n) is 2.85. The quantitative estimate of drug-likeness (QED) is 0.872. The highest BCUT2D eigenvalue weighted by Gasteiger charge is 2.23. The Labute approximate surface area is 148 Å². The van der Waals surface area contributed by atoms with Crippen molar-refractivity contribution in [3.8, 4) is 11.3 Å². The number of benzene rings is 1. The van der Waals surface area contributed by atoms with Gasteiger partial charge in [0, 0.05) is 37.3 Å². The van der Waals surface area contributed by atoms with Crippen molar-refractivity contribution in [2.75, 3.05) is 32.8 Å². The summed E-state index contributed by atoms with van der Waals surface area (Å²) in [4.78, 5) is 14.9. The van der Waals surface area contributed by atoms with Crippen LogP contribution in [0.25, 0.3) is 11.3 Å². The van der Waals surface area contributed by atoms with Crippen LogP contribution in [-0.4, -0.2) is 54.9 Å². The number of ether oxygens (including phenoxy) is 1. The Kier molecular flexibility index (Phi) is 5.83. The maximum absolute atomic E-state index is 12.6. The summed E-state index contributed by atoms with van der Waals surface area (Å²) in [6.45, 7) is 8.36. The van der Waals surface area contributed by atoms with Crippen molar-refractivity contribution in [1.29, 1.82) is 0 Å². The highest BCUT2D eigenvalue weighted by Crippen LogP contribution is 2.20. The van der Waals surface area contributed by atoms with E-state index in [9.17, 15) is 4.79 Å². The van der Waals surface area contributed by atoms with Gasteiger partial charge >= 0.3 is 0 Å². The molecule has 25 heavy (non-hydrogen) atoms. The molecule has 1 aliphatic heterocycles. The van der Waals surface area contributed by atoms with E-state index in [2.05, 4.69) is 29.2 Å². The predicted octanol–water partition coefficient (Wildman–Crippen LogP) is 2.43. The van der Waals surface area contributed by atoms with E-state index in [0.29, 0.717) is 17.4 Å². The summed E-state index contributed by atoms with van der Waals surface area (Å²) >= 11 is 0. The van der Waals surface area contributed by atoms with E-state index in [1.54, 1.807) is 6.07 Å². The molecule has 0 bridgehead atoms. The van der Waals surface area contributed by atoms with Crippen LogP contribution < -0.4 is 5.32 Å². The molecule has 3 rings (SSSR count). The van der Waals surface area contributed by atoms with Crippen LogP contribution in [0.5, 0.6) is 0 Å². The molecule has 2 heterocycles. The van der Waals surface area contributed by atoms with E-state index in [1.807, 2.05) is 30.3 Å². The van der Waals surface area contributed by atoms with Crippen molar-refractivity contribution in [3.05, 3.63) is 42.1 Å². The first-order chi connectivity index (χ1) is 12.1. The summed E-state index contributed by atoms with van der Waals surface area (Å²) in [5.74, 6) is 0.727. The first kappa shape index (κ1) is 17.6. The molecule has 0 spiro atoms. The Morgan fingerprint density at radius 1 is 1.24 bits per heavy atom. The Hall–Kier alpha value is -2.18. The Balaban J connectivity index is 1.64. The van der Waals surface area contributed by atoms with E-state index in [-0.39, 0.29) is 11.9 Å². The summed E-state index contributed by atoms with van der Waals surface area (Å²) in [6.07, 6.45) is 0. The van der Waals surface area contributed by atoms with Gasteiger partial charge in [-0.05, 0) is 5.92 Å². The number of nitrogens with one attached hydrogen (secondary N) is 1. The van der Waals surface area contributed by atoms with Gasteiger partial charge in [-0.2, -0.15) is 0 Å². The van der Waals surface area contributed by atoms with Gasteiger partial charge in [0.2, 0.25) is 0 Å². The van der Waals surface area contributed by atoms with Gasteiger partial charge in [0.05, 0.1) is 13.2 Å². The summed E-state index contributed by atoms with van der Waals surface area (Å²) < 4.78 is 10.7. The van der Waals surface area contributed by atoms with Crippen LogP contribution in [0.2, 0.25) is 0 Å². The molecule has 1 aromatic heterocycles. The van der Waals surface area contributed by atoms with Gasteiger partial charge in [-0.3, -0.25) is 9.69 Å². The van der Waals surface area contributed by atoms with E-state index in [4.69, 9.17) is 9.26 Å². The molecule has 0 aliphatic carbocycles. The minimum Gasteiger partial charge on any atom is -0.379 e. The first-order valence-electron chi connectivity index (χ1n) is 8.76. The first-order valence-corrected chi connectivity index (χ1v) is 8.76. The zero-order chi connectivity index (χ0) is 17.6. The maximum Gasteiger partial charge on any atom is 0.273 e. The van der Waals surface area contributed by atoms with Crippen LogP contribution in [0, 0.1) is 5.92 Å². The number of hydrogen-bond donors (Lipinski definition) is 1. The van der Waals surface area contributed by atoms with Crippen molar-refractivity contribution >= 4 is 5.91 Å². The zero-order valence-electron chi connectivity index (χ0n) is 14.8. The number of aromatic nitrogens is 1. The lowest BCUT2D eigenvalue weighted by atomic mass is 10.0. The molecule has 134 valence electrons. The number of morpholine rings is 1. The number of carbonyl (C=O) groups excluding carboxylic acids is 1. The van der Waals surface area contributed by atoms with Crippen molar-refractivity contribution in [3.63, 3.8) is 0 Å². The van der Waals surface area contributed by atoms with Gasteiger partial charge in [0.1, 0.15) is 0 Å². The van der Waals surface area contributed by atoms with Gasteiger partial charge in [-0.25, -0.2) is 0 Å². The van der Waals surface area contributed by atoms with Gasteiger partial charge in [-0.1, -0.05) is 49.3 Å². The topological polar surface area (TPSA) is 67.6 Å². The monoisotopic (exact) mass is 343 g/mol. The molecule has 1 N–H and O–H groups in total. The summed E-state index contributed by atoms with van der Waals surface area (Å²) in [6, 6.07) is 11.4. The minimum absolute atomic E-state index is 0.0578. The smallest absolute Gasteiger partial charge is 0.273 e. The zero-order valence-corrected chi connectivity index (χ0v) is 14.8. The average molecular weight is 343 g/mol. The van der Waals surface area contributed by atoms with E-state index < -0.39 is 0 Å². The third-order valence-corrected chi connectivity index (χ3v) is 4.48. The normalized spacial score (nSPS) is 16.8. The highest BCUT2D eigenvalue weighted by molar-refractivity contribution is 5.93. The molecule has 0 radical (unpaired) electrons. The molecule has 6 nitrogen and oxygen atoms in total. The fourth-order valence-corrected chi connectivity index (χ4v) is 2.85. The number of nitrogens with zero attached hydrogens (tertiary/aromatic N) is 2. The molecule has 1 amide bonds. The third kappa shape index (κ3) is 4.67. The number of hydrogen-bond acceptors (Lipinski definition) is 5. The molecule has 6 heteroatoms. The highest BCUT2D eigenvalue weighted by atomic mass is 16.5. The largest absolute Gasteiger partial charge is 0.379 e. The molecular weight excluding hydrogens is 318 g/mol. The van der Waals surface area contributed by atoms with Crippen LogP contribution >= 0.6 is 0 Å². The number of amides is 1. The lowest BCUT2D eigenvalue weighted by Crippen LogP contribution is -2.49. The van der Waals surface area contributed by atoms with Gasteiger partial charge in [-0.15, -0.1) is 0 Å². The van der Waals surface area contributed by atoms with Crippen LogP contribution in [0.3, 0.4) is 0 Å². The second-order valence-electron chi connectivity index (χ2n) is 6.68. The molecule has 1 atom stereocenters. The summed E-state index contributed by atoms with van der Waals surface area (Å²) in [5.41, 5.74) is 1.22. The van der Waals surface area contributed by atoms with Crippen LogP contribution in [0.1, 0.15) is 24.3 Å². The van der Waals surface area contributed by atoms with Crippen LogP contribution in [0.4, 0.5) is 0 Å². The van der Waals surface area contributed by atoms with E-state index in [1.165, 1.54) is 0 Å². The lowest BCUT2D eigenvalue weighted by Gasteiger charge is -2.32. The van der Waals surface area contributed by atoms with Gasteiger partial charge in [0.15, 0.2) is 11.5 Å². The molecule has 1 saturated heterocycles. The number of carbonyl (C=O) groups is 1. The molecule has 1 unspecified atom stereocenters. The Morgan fingerprint density at radius 3 is 2.64 bits per heavy atom. The third-order valence-electron chi connectivity index (χ3n) is 4.48. The fraction of sp³-hybridized carbons (Fsp3) is 0.474. The van der Waals surface area contributed by atoms with Crippen LogP contribution in [0.15, 0.2) is 40.9 Å². The molecule has 1 aromatic carbocycles. The van der Waals surface area contributed by atoms with Crippen molar-refractivity contribution in [2.24, 2.45) is 5.92 Å². The van der Waals surface area contributed by atoms with E-state index in [0.717, 1.165) is 38.4 Å². The van der Waals surface area contributed by atoms with Crippen molar-refractivity contribution in [1.82, 2.24) is 15.4 Å². The van der Waals surface area contributed by atoms with Crippen molar-refractivity contribution in [2.45, 2.75) is 19.9 Å². The van der Waals surface area contributed by atoms with Gasteiger partial charge in [0.25, 0.3) is 5.91 Å². The minimum atomic E-state index is -0.196. The molecule has 2 aromatic rings. The van der Waals surface area contributed by atoms with Gasteiger partial charge < -0.3 is 14.6 Å². The van der Waals surface area contributed by atoms with Crippen molar-refractivity contribution < 1.29 is 14.1 Å². The standard InChI is InChI=1S/C19H25N3O3/c1-14(2)17(13-22-8-10-24-11-9-22)20-19(23)16-12-18(25-21-16)15-6-4-3-5-7-15/h3-7,12,14,17H,8-11,13H2,1-2H3,(H,20,23). The predicted molar refractivity (Wildman–Crippen MR) is 95.3 cm³/mol. The molecular formula is C19H25N3O3. The second-order valence-corrected chi connectivity index (χ2v) is 6.68. The molecule has 1 aliphatic rings. The number of rotatable bonds is 6. The Morgan fingerprint density at radius 2 is 1.96 bits per heavy atom. The second kappa shape index (κ2) is 8.27. The van der Waals surface area contributed by atoms with E-state index >= 15 is 0 Å². The molecule has 1 fully saturated rings. The molecule has 0 saturated carbocycles. The van der Waals surface area contributed by atoms with Crippen LogP contribution in [-0.2, 0) is 4.74 Å². The summed E-state index contributed by atoms with van der Waals surface area (Å²) in [5, 5.41) is 7.03. The average Bonchev–Trinajstić information content (AvgIpc) is 3.13. The SMILES string of the molecule is CC(C)C(CN1CCOCC1)NC(=O)c1cc(-c2ccccc2)on1. The summed E-state index contributed by atoms with van der Waals surface area (Å²) in [7, 11) is 0.